The summed E-state index contributed by atoms with van der Waals surface area (Å²) >= 11 is 2.91. The van der Waals surface area contributed by atoms with Crippen molar-refractivity contribution in [2.24, 2.45) is 0 Å². The predicted molar refractivity (Wildman–Crippen MR) is 161 cm³/mol. The monoisotopic (exact) mass is 555 g/mol. The third kappa shape index (κ3) is 8.43. The third-order valence-corrected chi connectivity index (χ3v) is 7.44. The summed E-state index contributed by atoms with van der Waals surface area (Å²) in [6.07, 6.45) is 1.64. The first kappa shape index (κ1) is 27.9. The van der Waals surface area contributed by atoms with Gasteiger partial charge in [-0.1, -0.05) is 44.2 Å². The van der Waals surface area contributed by atoms with E-state index in [1.165, 1.54) is 28.7 Å². The van der Waals surface area contributed by atoms with Crippen LogP contribution in [0.1, 0.15) is 41.3 Å². The fourth-order valence-electron chi connectivity index (χ4n) is 3.60. The van der Waals surface area contributed by atoms with E-state index in [1.54, 1.807) is 42.5 Å². The maximum Gasteiger partial charge on any atom is 0.272 e. The average Bonchev–Trinajstić information content (AvgIpc) is 3.46. The Labute approximate surface area is 236 Å². The summed E-state index contributed by atoms with van der Waals surface area (Å²) in [6, 6.07) is 25.7. The summed E-state index contributed by atoms with van der Waals surface area (Å²) in [5.74, 6) is -0.194. The molecule has 0 saturated heterocycles. The first-order chi connectivity index (χ1) is 18.9. The summed E-state index contributed by atoms with van der Waals surface area (Å²) in [4.78, 5) is 39.1. The van der Waals surface area contributed by atoms with Crippen LogP contribution in [0.5, 0.6) is 0 Å². The van der Waals surface area contributed by atoms with Crippen molar-refractivity contribution in [3.8, 4) is 0 Å². The van der Waals surface area contributed by atoms with Crippen LogP contribution in [0, 0.1) is 0 Å². The minimum Gasteiger partial charge on any atom is -0.325 e. The Morgan fingerprint density at radius 1 is 0.846 bits per heavy atom. The molecule has 0 aliphatic carbocycles. The SMILES string of the molecule is CC(C)c1ccc(NC(=O)CSc2ccc(NC(=O)/C(=C/c3ccsc3)NC(=O)c3ccccc3)cc2)cc1. The highest BCUT2D eigenvalue weighted by atomic mass is 32.2. The number of amides is 3. The van der Waals surface area contributed by atoms with Crippen LogP contribution in [0.15, 0.2) is 106 Å². The first-order valence-corrected chi connectivity index (χ1v) is 14.3. The number of nitrogens with one attached hydrogen (secondary N) is 3. The normalized spacial score (nSPS) is 11.2. The quantitative estimate of drug-likeness (QED) is 0.145. The second kappa shape index (κ2) is 13.6. The summed E-state index contributed by atoms with van der Waals surface area (Å²) in [5.41, 5.74) is 3.98. The highest BCUT2D eigenvalue weighted by molar-refractivity contribution is 8.00. The van der Waals surface area contributed by atoms with Crippen molar-refractivity contribution in [1.82, 2.24) is 5.32 Å². The van der Waals surface area contributed by atoms with Gasteiger partial charge in [-0.25, -0.2) is 0 Å². The van der Waals surface area contributed by atoms with Gasteiger partial charge in [-0.2, -0.15) is 11.3 Å². The fraction of sp³-hybridized carbons (Fsp3) is 0.129. The van der Waals surface area contributed by atoms with Crippen LogP contribution in [0.3, 0.4) is 0 Å². The van der Waals surface area contributed by atoms with Gasteiger partial charge in [-0.15, -0.1) is 11.8 Å². The van der Waals surface area contributed by atoms with Crippen LogP contribution in [0.4, 0.5) is 11.4 Å². The maximum atomic E-state index is 13.1. The van der Waals surface area contributed by atoms with Gasteiger partial charge in [0.1, 0.15) is 5.70 Å². The average molecular weight is 556 g/mol. The molecule has 8 heteroatoms. The molecule has 198 valence electrons. The second-order valence-corrected chi connectivity index (χ2v) is 10.9. The molecule has 0 atom stereocenters. The van der Waals surface area contributed by atoms with Crippen LogP contribution >= 0.6 is 23.1 Å². The van der Waals surface area contributed by atoms with E-state index in [1.807, 2.05) is 59.3 Å². The van der Waals surface area contributed by atoms with Gasteiger partial charge in [0.15, 0.2) is 0 Å². The van der Waals surface area contributed by atoms with Gasteiger partial charge in [0.2, 0.25) is 5.91 Å². The Morgan fingerprint density at radius 3 is 2.15 bits per heavy atom. The van der Waals surface area contributed by atoms with E-state index in [4.69, 9.17) is 0 Å². The lowest BCUT2D eigenvalue weighted by molar-refractivity contribution is -0.114. The topological polar surface area (TPSA) is 87.3 Å². The fourth-order valence-corrected chi connectivity index (χ4v) is 4.91. The van der Waals surface area contributed by atoms with Crippen LogP contribution < -0.4 is 16.0 Å². The molecule has 39 heavy (non-hydrogen) atoms. The lowest BCUT2D eigenvalue weighted by atomic mass is 10.0. The number of carbonyl (C=O) groups is 3. The standard InChI is InChI=1S/C31H29N3O3S2/c1-21(2)23-8-10-25(11-9-23)32-29(35)20-39-27-14-12-26(13-15-27)33-31(37)28(18-22-16-17-38-19-22)34-30(36)24-6-4-3-5-7-24/h3-19,21H,20H2,1-2H3,(H,32,35)(H,33,37)(H,34,36)/b28-18-. The van der Waals surface area contributed by atoms with Crippen molar-refractivity contribution in [1.29, 1.82) is 0 Å². The van der Waals surface area contributed by atoms with Gasteiger partial charge in [-0.3, -0.25) is 14.4 Å². The van der Waals surface area contributed by atoms with Gasteiger partial charge in [-0.05, 0) is 88.5 Å². The van der Waals surface area contributed by atoms with E-state index < -0.39 is 5.91 Å². The van der Waals surface area contributed by atoms with E-state index in [9.17, 15) is 14.4 Å². The van der Waals surface area contributed by atoms with Crippen molar-refractivity contribution in [2.75, 3.05) is 16.4 Å². The number of hydrogen-bond donors (Lipinski definition) is 3. The summed E-state index contributed by atoms with van der Waals surface area (Å²) in [7, 11) is 0. The zero-order valence-electron chi connectivity index (χ0n) is 21.6. The molecule has 0 aliphatic rings. The van der Waals surface area contributed by atoms with Gasteiger partial charge in [0, 0.05) is 21.8 Å². The van der Waals surface area contributed by atoms with Gasteiger partial charge >= 0.3 is 0 Å². The smallest absolute Gasteiger partial charge is 0.272 e. The zero-order valence-corrected chi connectivity index (χ0v) is 23.3. The molecule has 3 N–H and O–H groups in total. The summed E-state index contributed by atoms with van der Waals surface area (Å²) < 4.78 is 0. The van der Waals surface area contributed by atoms with E-state index in [2.05, 4.69) is 29.8 Å². The molecule has 4 rings (SSSR count). The minimum atomic E-state index is -0.436. The lowest BCUT2D eigenvalue weighted by Crippen LogP contribution is -2.30. The number of thioether (sulfide) groups is 1. The van der Waals surface area contributed by atoms with Crippen molar-refractivity contribution < 1.29 is 14.4 Å². The van der Waals surface area contributed by atoms with Gasteiger partial charge in [0.05, 0.1) is 5.75 Å². The highest BCUT2D eigenvalue weighted by Gasteiger charge is 2.15. The molecule has 1 heterocycles. The molecule has 4 aromatic rings. The van der Waals surface area contributed by atoms with Crippen molar-refractivity contribution in [3.63, 3.8) is 0 Å². The largest absolute Gasteiger partial charge is 0.325 e. The molecule has 0 aliphatic heterocycles. The molecular formula is C31H29N3O3S2. The zero-order chi connectivity index (χ0) is 27.6. The Balaban J connectivity index is 1.34. The van der Waals surface area contributed by atoms with E-state index >= 15 is 0 Å². The molecule has 6 nitrogen and oxygen atoms in total. The van der Waals surface area contributed by atoms with Crippen LogP contribution in [0.25, 0.3) is 6.08 Å². The van der Waals surface area contributed by atoms with Crippen LogP contribution in [-0.4, -0.2) is 23.5 Å². The summed E-state index contributed by atoms with van der Waals surface area (Å²) in [6.45, 7) is 4.26. The number of anilines is 2. The third-order valence-electron chi connectivity index (χ3n) is 5.73. The first-order valence-electron chi connectivity index (χ1n) is 12.4. The second-order valence-electron chi connectivity index (χ2n) is 9.03. The van der Waals surface area contributed by atoms with Crippen LogP contribution in [-0.2, 0) is 9.59 Å². The Bertz CT molecular complexity index is 1430. The van der Waals surface area contributed by atoms with Crippen molar-refractivity contribution in [3.05, 3.63) is 118 Å². The van der Waals surface area contributed by atoms with E-state index in [0.29, 0.717) is 17.2 Å². The molecule has 0 saturated carbocycles. The minimum absolute atomic E-state index is 0.0907. The van der Waals surface area contributed by atoms with Crippen LogP contribution in [0.2, 0.25) is 0 Å². The molecule has 0 unspecified atom stereocenters. The lowest BCUT2D eigenvalue weighted by Gasteiger charge is -2.12. The van der Waals surface area contributed by atoms with Crippen molar-refractivity contribution in [2.45, 2.75) is 24.7 Å². The maximum absolute atomic E-state index is 13.1. The Morgan fingerprint density at radius 2 is 1.51 bits per heavy atom. The van der Waals surface area contributed by atoms with E-state index in [-0.39, 0.29) is 23.3 Å². The molecule has 0 fully saturated rings. The molecule has 1 aromatic heterocycles. The Kier molecular flexibility index (Phi) is 9.72. The summed E-state index contributed by atoms with van der Waals surface area (Å²) in [5, 5.41) is 12.3. The molecule has 0 radical (unpaired) electrons. The predicted octanol–water partition coefficient (Wildman–Crippen LogP) is 7.01. The number of benzene rings is 3. The molecule has 0 spiro atoms. The molecule has 0 bridgehead atoms. The van der Waals surface area contributed by atoms with Gasteiger partial charge < -0.3 is 16.0 Å². The van der Waals surface area contributed by atoms with E-state index in [0.717, 1.165) is 16.1 Å². The van der Waals surface area contributed by atoms with Gasteiger partial charge in [0.25, 0.3) is 11.8 Å². The molecule has 3 aromatic carbocycles. The molecular weight excluding hydrogens is 526 g/mol. The van der Waals surface area contributed by atoms with Crippen molar-refractivity contribution >= 4 is 58.3 Å². The molecule has 3 amide bonds. The number of thiophene rings is 1. The Hall–Kier alpha value is -4.14. The number of carbonyl (C=O) groups excluding carboxylic acids is 3. The number of rotatable bonds is 10. The number of hydrogen-bond acceptors (Lipinski definition) is 5. The highest BCUT2D eigenvalue weighted by Crippen LogP contribution is 2.22.